The summed E-state index contributed by atoms with van der Waals surface area (Å²) in [6.45, 7) is -0.439. The van der Waals surface area contributed by atoms with Gasteiger partial charge in [-0.1, -0.05) is 47.6 Å². The SMILES string of the molecule is O=C(CCc1nc(-c2ccccc2)no1)NNC(=O)COc1ccccc1F. The van der Waals surface area contributed by atoms with Crippen LogP contribution >= 0.6 is 0 Å². The van der Waals surface area contributed by atoms with Gasteiger partial charge in [-0.15, -0.1) is 0 Å². The topological polar surface area (TPSA) is 106 Å². The monoisotopic (exact) mass is 384 g/mol. The Kier molecular flexibility index (Phi) is 6.29. The molecule has 2 amide bonds. The standard InChI is InChI=1S/C19H17FN4O4/c20-14-8-4-5-9-15(14)27-12-17(26)23-22-16(25)10-11-18-21-19(24-28-18)13-6-2-1-3-7-13/h1-9H,10-12H2,(H,22,25)(H,23,26). The Hall–Kier alpha value is -3.75. The summed E-state index contributed by atoms with van der Waals surface area (Å²) >= 11 is 0. The second-order valence-electron chi connectivity index (χ2n) is 5.69. The number of para-hydroxylation sites is 1. The van der Waals surface area contributed by atoms with Gasteiger partial charge >= 0.3 is 0 Å². The molecule has 0 spiro atoms. The molecule has 0 saturated heterocycles. The molecule has 144 valence electrons. The zero-order valence-corrected chi connectivity index (χ0v) is 14.7. The summed E-state index contributed by atoms with van der Waals surface area (Å²) in [4.78, 5) is 27.7. The third-order valence-electron chi connectivity index (χ3n) is 3.60. The van der Waals surface area contributed by atoms with Crippen molar-refractivity contribution in [3.05, 3.63) is 66.3 Å². The summed E-state index contributed by atoms with van der Waals surface area (Å²) in [6, 6.07) is 15.0. The van der Waals surface area contributed by atoms with E-state index in [-0.39, 0.29) is 18.6 Å². The van der Waals surface area contributed by atoms with Crippen molar-refractivity contribution in [2.24, 2.45) is 0 Å². The lowest BCUT2D eigenvalue weighted by Gasteiger charge is -2.08. The first-order valence-corrected chi connectivity index (χ1v) is 8.45. The molecule has 1 heterocycles. The highest BCUT2D eigenvalue weighted by Gasteiger charge is 2.11. The molecule has 3 rings (SSSR count). The fourth-order valence-corrected chi connectivity index (χ4v) is 2.22. The van der Waals surface area contributed by atoms with Crippen molar-refractivity contribution < 1.29 is 23.2 Å². The van der Waals surface area contributed by atoms with Crippen molar-refractivity contribution in [1.29, 1.82) is 0 Å². The summed E-state index contributed by atoms with van der Waals surface area (Å²) in [5.41, 5.74) is 5.24. The summed E-state index contributed by atoms with van der Waals surface area (Å²) < 4.78 is 23.5. The highest BCUT2D eigenvalue weighted by Crippen LogP contribution is 2.16. The highest BCUT2D eigenvalue weighted by molar-refractivity contribution is 5.82. The van der Waals surface area contributed by atoms with Crippen LogP contribution in [-0.2, 0) is 16.0 Å². The Labute approximate surface area is 159 Å². The van der Waals surface area contributed by atoms with Crippen molar-refractivity contribution in [2.75, 3.05) is 6.61 Å². The van der Waals surface area contributed by atoms with Gasteiger partial charge in [0.15, 0.2) is 18.2 Å². The molecule has 2 N–H and O–H groups in total. The minimum atomic E-state index is -0.624. The number of benzene rings is 2. The summed E-state index contributed by atoms with van der Waals surface area (Å²) in [6.07, 6.45) is 0.248. The van der Waals surface area contributed by atoms with E-state index in [4.69, 9.17) is 9.26 Å². The minimum Gasteiger partial charge on any atom is -0.481 e. The number of carbonyl (C=O) groups excluding carboxylic acids is 2. The third-order valence-corrected chi connectivity index (χ3v) is 3.60. The van der Waals surface area contributed by atoms with Gasteiger partial charge in [-0.3, -0.25) is 20.4 Å². The Morgan fingerprint density at radius 2 is 1.71 bits per heavy atom. The smallest absolute Gasteiger partial charge is 0.276 e. The Balaban J connectivity index is 1.38. The third kappa shape index (κ3) is 5.37. The van der Waals surface area contributed by atoms with Crippen LogP contribution in [-0.4, -0.2) is 28.6 Å². The second-order valence-corrected chi connectivity index (χ2v) is 5.69. The molecule has 0 radical (unpaired) electrons. The van der Waals surface area contributed by atoms with E-state index in [1.807, 2.05) is 30.3 Å². The molecule has 0 aliphatic carbocycles. The van der Waals surface area contributed by atoms with Crippen molar-refractivity contribution in [2.45, 2.75) is 12.8 Å². The van der Waals surface area contributed by atoms with Crippen molar-refractivity contribution in [3.8, 4) is 17.1 Å². The molecule has 0 atom stereocenters. The molecule has 1 aromatic heterocycles. The van der Waals surface area contributed by atoms with Gasteiger partial charge in [0.05, 0.1) is 0 Å². The number of nitrogens with one attached hydrogen (secondary N) is 2. The van der Waals surface area contributed by atoms with E-state index >= 15 is 0 Å². The lowest BCUT2D eigenvalue weighted by atomic mass is 10.2. The minimum absolute atomic E-state index is 0.0326. The zero-order valence-electron chi connectivity index (χ0n) is 14.7. The second kappa shape index (κ2) is 9.26. The molecule has 0 fully saturated rings. The van der Waals surface area contributed by atoms with E-state index in [1.165, 1.54) is 18.2 Å². The zero-order chi connectivity index (χ0) is 19.8. The number of carbonyl (C=O) groups is 2. The van der Waals surface area contributed by atoms with Crippen LogP contribution in [0.15, 0.2) is 59.1 Å². The summed E-state index contributed by atoms with van der Waals surface area (Å²) in [5, 5.41) is 3.86. The van der Waals surface area contributed by atoms with E-state index in [0.717, 1.165) is 5.56 Å². The average Bonchev–Trinajstić information content (AvgIpc) is 3.20. The van der Waals surface area contributed by atoms with Crippen LogP contribution in [0.1, 0.15) is 12.3 Å². The number of nitrogens with zero attached hydrogens (tertiary/aromatic N) is 2. The number of aryl methyl sites for hydroxylation is 1. The molecular weight excluding hydrogens is 367 g/mol. The van der Waals surface area contributed by atoms with E-state index in [1.54, 1.807) is 6.07 Å². The Morgan fingerprint density at radius 1 is 1.00 bits per heavy atom. The van der Waals surface area contributed by atoms with Crippen LogP contribution in [0.2, 0.25) is 0 Å². The summed E-state index contributed by atoms with van der Waals surface area (Å²) in [7, 11) is 0. The predicted octanol–water partition coefficient (Wildman–Crippen LogP) is 2.03. The van der Waals surface area contributed by atoms with Gasteiger partial charge in [-0.05, 0) is 12.1 Å². The number of halogens is 1. The number of hydrogen-bond donors (Lipinski definition) is 2. The molecule has 9 heteroatoms. The van der Waals surface area contributed by atoms with E-state index in [9.17, 15) is 14.0 Å². The number of rotatable bonds is 7. The van der Waals surface area contributed by atoms with Crippen LogP contribution < -0.4 is 15.6 Å². The van der Waals surface area contributed by atoms with Gasteiger partial charge in [0.1, 0.15) is 0 Å². The molecule has 28 heavy (non-hydrogen) atoms. The normalized spacial score (nSPS) is 10.3. The Bertz CT molecular complexity index is 946. The van der Waals surface area contributed by atoms with Crippen LogP contribution in [0, 0.1) is 5.82 Å². The van der Waals surface area contributed by atoms with Gasteiger partial charge < -0.3 is 9.26 Å². The van der Waals surface area contributed by atoms with Gasteiger partial charge in [0, 0.05) is 18.4 Å². The van der Waals surface area contributed by atoms with Crippen LogP contribution in [0.5, 0.6) is 5.75 Å². The maximum Gasteiger partial charge on any atom is 0.276 e. The number of aromatic nitrogens is 2. The molecule has 0 aliphatic heterocycles. The van der Waals surface area contributed by atoms with Crippen LogP contribution in [0.3, 0.4) is 0 Å². The molecule has 8 nitrogen and oxygen atoms in total. The number of amides is 2. The largest absolute Gasteiger partial charge is 0.481 e. The lowest BCUT2D eigenvalue weighted by Crippen LogP contribution is -2.43. The molecule has 0 bridgehead atoms. The van der Waals surface area contributed by atoms with Gasteiger partial charge in [-0.25, -0.2) is 4.39 Å². The number of ether oxygens (including phenoxy) is 1. The fraction of sp³-hybridized carbons (Fsp3) is 0.158. The molecular formula is C19H17FN4O4. The first-order chi connectivity index (χ1) is 13.6. The molecule has 3 aromatic rings. The Morgan fingerprint density at radius 3 is 2.50 bits per heavy atom. The molecule has 0 saturated carbocycles. The molecule has 0 unspecified atom stereocenters. The molecule has 0 aliphatic rings. The summed E-state index contributed by atoms with van der Waals surface area (Å²) in [5.74, 6) is -0.944. The van der Waals surface area contributed by atoms with E-state index in [0.29, 0.717) is 11.7 Å². The van der Waals surface area contributed by atoms with Crippen molar-refractivity contribution in [3.63, 3.8) is 0 Å². The first kappa shape index (κ1) is 19.0. The predicted molar refractivity (Wildman–Crippen MR) is 96.2 cm³/mol. The van der Waals surface area contributed by atoms with Crippen LogP contribution in [0.4, 0.5) is 4.39 Å². The van der Waals surface area contributed by atoms with Gasteiger partial charge in [0.25, 0.3) is 5.91 Å². The lowest BCUT2D eigenvalue weighted by molar-refractivity contribution is -0.130. The van der Waals surface area contributed by atoms with Gasteiger partial charge in [-0.2, -0.15) is 4.98 Å². The highest BCUT2D eigenvalue weighted by atomic mass is 19.1. The van der Waals surface area contributed by atoms with Crippen molar-refractivity contribution >= 4 is 11.8 Å². The molecule has 2 aromatic carbocycles. The fourth-order valence-electron chi connectivity index (χ4n) is 2.22. The van der Waals surface area contributed by atoms with Crippen molar-refractivity contribution in [1.82, 2.24) is 21.0 Å². The maximum atomic E-state index is 13.4. The van der Waals surface area contributed by atoms with Crippen LogP contribution in [0.25, 0.3) is 11.4 Å². The number of hydrogen-bond acceptors (Lipinski definition) is 6. The van der Waals surface area contributed by atoms with E-state index < -0.39 is 24.2 Å². The first-order valence-electron chi connectivity index (χ1n) is 8.45. The van der Waals surface area contributed by atoms with E-state index in [2.05, 4.69) is 21.0 Å². The maximum absolute atomic E-state index is 13.4. The van der Waals surface area contributed by atoms with Gasteiger partial charge in [0.2, 0.25) is 17.6 Å². The average molecular weight is 384 g/mol. The number of hydrazine groups is 1. The quantitative estimate of drug-likeness (QED) is 0.604.